The van der Waals surface area contributed by atoms with E-state index in [-0.39, 0.29) is 0 Å². The number of allylic oxidation sites excluding steroid dienone is 11. The molecule has 1 heterocycles. The summed E-state index contributed by atoms with van der Waals surface area (Å²) in [6, 6.07) is 29.6. The maximum atomic E-state index is 13.7. The van der Waals surface area contributed by atoms with Gasteiger partial charge in [-0.3, -0.25) is 0 Å². The molecule has 2 aliphatic rings. The van der Waals surface area contributed by atoms with Gasteiger partial charge in [0.25, 0.3) is 0 Å². The highest BCUT2D eigenvalue weighted by molar-refractivity contribution is 7.25. The highest BCUT2D eigenvalue weighted by atomic mass is 32.1. The quantitative estimate of drug-likeness (QED) is 0.170. The molecule has 2 aliphatic carbocycles. The lowest BCUT2D eigenvalue weighted by atomic mass is 9.55. The molecule has 2 heteroatoms. The fraction of sp³-hybridized carbons (Fsp3) is 0.0667. The molecule has 1 nitrogen and oxygen atoms in total. The zero-order valence-corrected chi connectivity index (χ0v) is 27.4. The minimum atomic E-state index is -1.58. The number of hydrogen-bond acceptors (Lipinski definition) is 2. The fourth-order valence-corrected chi connectivity index (χ4v) is 9.17. The summed E-state index contributed by atoms with van der Waals surface area (Å²) in [5, 5.41) is 16.0. The average molecular weight is 625 g/mol. The topological polar surface area (TPSA) is 20.2 Å². The molecule has 0 aliphatic heterocycles. The number of hydrogen-bond donors (Lipinski definition) is 1. The second-order valence-corrected chi connectivity index (χ2v) is 12.9. The Hall–Kier alpha value is -5.28. The number of thiophene rings is 1. The molecule has 0 bridgehead atoms. The van der Waals surface area contributed by atoms with Gasteiger partial charge in [0, 0.05) is 25.7 Å². The summed E-state index contributed by atoms with van der Waals surface area (Å²) < 4.78 is 2.36. The van der Waals surface area contributed by atoms with Crippen molar-refractivity contribution >= 4 is 42.7 Å². The van der Waals surface area contributed by atoms with E-state index in [1.807, 2.05) is 61.6 Å². The number of aliphatic hydroxyl groups is 1. The molecule has 2 atom stereocenters. The highest BCUT2D eigenvalue weighted by Gasteiger charge is 2.56. The Labute approximate surface area is 281 Å². The van der Waals surface area contributed by atoms with Gasteiger partial charge in [0.2, 0.25) is 0 Å². The Morgan fingerprint density at radius 3 is 2.04 bits per heavy atom. The van der Waals surface area contributed by atoms with Gasteiger partial charge in [0.1, 0.15) is 5.60 Å². The second kappa shape index (κ2) is 11.5. The van der Waals surface area contributed by atoms with Gasteiger partial charge < -0.3 is 5.11 Å². The molecule has 7 rings (SSSR count). The largest absolute Gasteiger partial charge is 0.376 e. The van der Waals surface area contributed by atoms with E-state index >= 15 is 0 Å². The van der Waals surface area contributed by atoms with Crippen molar-refractivity contribution in [3.8, 4) is 0 Å². The zero-order valence-electron chi connectivity index (χ0n) is 26.6. The summed E-state index contributed by atoms with van der Waals surface area (Å²) in [6.45, 7) is 23.3. The van der Waals surface area contributed by atoms with Crippen LogP contribution < -0.4 is 0 Å². The van der Waals surface area contributed by atoms with Gasteiger partial charge in [-0.15, -0.1) is 11.3 Å². The standard InChI is InChI=1S/C45H36OS/c1-7-13-20-29(8-2)31-21-14-18-25-39(31)45(46)37(12-6)36(11-5)44(35(10-4)30(9-3)32-22-15-17-24-38(32)44)40-28-43-34(27-41(40)45)33-23-16-19-26-42(33)47-43/h7-28,46H,1,3-6H2,2H3/b20-13-,29-8+. The fourth-order valence-electron chi connectivity index (χ4n) is 8.04. The minimum Gasteiger partial charge on any atom is -0.376 e. The molecule has 0 saturated carbocycles. The Kier molecular flexibility index (Phi) is 7.44. The third-order valence-corrected chi connectivity index (χ3v) is 11.0. The van der Waals surface area contributed by atoms with Crippen molar-refractivity contribution in [1.29, 1.82) is 0 Å². The second-order valence-electron chi connectivity index (χ2n) is 11.9. The summed E-state index contributed by atoms with van der Waals surface area (Å²) in [7, 11) is 0. The van der Waals surface area contributed by atoms with Crippen LogP contribution in [0.1, 0.15) is 40.3 Å². The van der Waals surface area contributed by atoms with Crippen LogP contribution in [0.5, 0.6) is 0 Å². The molecule has 47 heavy (non-hydrogen) atoms. The van der Waals surface area contributed by atoms with E-state index in [1.165, 1.54) is 10.1 Å². The van der Waals surface area contributed by atoms with Gasteiger partial charge in [0.15, 0.2) is 0 Å². The van der Waals surface area contributed by atoms with E-state index < -0.39 is 11.0 Å². The molecular weight excluding hydrogens is 589 g/mol. The molecule has 0 amide bonds. The van der Waals surface area contributed by atoms with Gasteiger partial charge >= 0.3 is 0 Å². The van der Waals surface area contributed by atoms with E-state index in [9.17, 15) is 5.11 Å². The molecule has 5 aromatic rings. The normalized spacial score (nSPS) is 20.6. The van der Waals surface area contributed by atoms with Crippen molar-refractivity contribution in [3.63, 3.8) is 0 Å². The Bertz CT molecular complexity index is 2310. The monoisotopic (exact) mass is 624 g/mol. The Morgan fingerprint density at radius 2 is 1.34 bits per heavy atom. The first-order valence-electron chi connectivity index (χ1n) is 15.8. The van der Waals surface area contributed by atoms with Crippen LogP contribution in [-0.4, -0.2) is 5.11 Å². The first-order chi connectivity index (χ1) is 22.9. The third-order valence-electron chi connectivity index (χ3n) is 9.88. The predicted octanol–water partition coefficient (Wildman–Crippen LogP) is 11.5. The van der Waals surface area contributed by atoms with E-state index in [1.54, 1.807) is 17.4 Å². The van der Waals surface area contributed by atoms with E-state index in [4.69, 9.17) is 0 Å². The number of benzene rings is 4. The van der Waals surface area contributed by atoms with Gasteiger partial charge in [0.05, 0.1) is 5.41 Å². The van der Waals surface area contributed by atoms with Crippen molar-refractivity contribution in [2.75, 3.05) is 0 Å². The van der Waals surface area contributed by atoms with Crippen LogP contribution in [0.15, 0.2) is 183 Å². The number of rotatable bonds is 8. The van der Waals surface area contributed by atoms with Crippen LogP contribution in [0.25, 0.3) is 31.3 Å². The first kappa shape index (κ1) is 30.4. The summed E-state index contributed by atoms with van der Waals surface area (Å²) in [5.41, 5.74) is 7.91. The van der Waals surface area contributed by atoms with Crippen molar-refractivity contribution in [2.45, 2.75) is 17.9 Å². The lowest BCUT2D eigenvalue weighted by molar-refractivity contribution is 0.118. The smallest absolute Gasteiger partial charge is 0.141 e. The van der Waals surface area contributed by atoms with Crippen LogP contribution in [0, 0.1) is 0 Å². The molecule has 1 spiro atoms. The highest BCUT2D eigenvalue weighted by Crippen LogP contribution is 2.63. The van der Waals surface area contributed by atoms with Crippen molar-refractivity contribution in [3.05, 3.63) is 217 Å². The lowest BCUT2D eigenvalue weighted by Gasteiger charge is -2.48. The Balaban J connectivity index is 1.74. The van der Waals surface area contributed by atoms with Crippen LogP contribution in [-0.2, 0) is 11.0 Å². The van der Waals surface area contributed by atoms with E-state index in [0.717, 1.165) is 65.8 Å². The lowest BCUT2D eigenvalue weighted by Crippen LogP contribution is -2.44. The van der Waals surface area contributed by atoms with E-state index in [2.05, 4.69) is 106 Å². The SMILES string of the molecule is C=C/C=C\C(=C/C)c1ccccc1C1(O)C(C=C)=C(C=C)C2(C(C=C)=C(C=C)c3ccccc32)c2cc3sc4ccccc4c3cc21. The summed E-state index contributed by atoms with van der Waals surface area (Å²) in [6.07, 6.45) is 15.4. The van der Waals surface area contributed by atoms with Crippen molar-refractivity contribution in [1.82, 2.24) is 0 Å². The summed E-state index contributed by atoms with van der Waals surface area (Å²) in [4.78, 5) is 0. The molecule has 0 fully saturated rings. The molecule has 2 unspecified atom stereocenters. The molecule has 1 N–H and O–H groups in total. The van der Waals surface area contributed by atoms with Crippen LogP contribution >= 0.6 is 11.3 Å². The van der Waals surface area contributed by atoms with Gasteiger partial charge in [-0.1, -0.05) is 148 Å². The van der Waals surface area contributed by atoms with Crippen LogP contribution in [0.4, 0.5) is 0 Å². The molecule has 228 valence electrons. The molecule has 4 aromatic carbocycles. The van der Waals surface area contributed by atoms with Crippen molar-refractivity contribution in [2.24, 2.45) is 0 Å². The molecule has 1 aromatic heterocycles. The zero-order chi connectivity index (χ0) is 32.9. The van der Waals surface area contributed by atoms with Gasteiger partial charge in [-0.05, 0) is 80.8 Å². The minimum absolute atomic E-state index is 0.689. The Morgan fingerprint density at radius 1 is 0.660 bits per heavy atom. The maximum Gasteiger partial charge on any atom is 0.141 e. The van der Waals surface area contributed by atoms with Gasteiger partial charge in [-0.25, -0.2) is 0 Å². The average Bonchev–Trinajstić information content (AvgIpc) is 3.62. The maximum absolute atomic E-state index is 13.7. The van der Waals surface area contributed by atoms with Crippen molar-refractivity contribution < 1.29 is 5.11 Å². The summed E-state index contributed by atoms with van der Waals surface area (Å²) >= 11 is 1.77. The third kappa shape index (κ3) is 3.99. The van der Waals surface area contributed by atoms with E-state index in [0.29, 0.717) is 5.57 Å². The molecular formula is C45H36OS. The van der Waals surface area contributed by atoms with Crippen LogP contribution in [0.2, 0.25) is 0 Å². The molecule has 0 saturated heterocycles. The first-order valence-corrected chi connectivity index (χ1v) is 16.6. The van der Waals surface area contributed by atoms with Gasteiger partial charge in [-0.2, -0.15) is 0 Å². The predicted molar refractivity (Wildman–Crippen MR) is 204 cm³/mol. The van der Waals surface area contributed by atoms with Crippen LogP contribution in [0.3, 0.4) is 0 Å². The number of fused-ring (bicyclic) bond motifs is 7. The molecule has 0 radical (unpaired) electrons. The summed E-state index contributed by atoms with van der Waals surface area (Å²) in [5.74, 6) is 0.